The Labute approximate surface area is 130 Å². The van der Waals surface area contributed by atoms with Crippen molar-refractivity contribution >= 4 is 50.6 Å². The molecule has 0 aliphatic heterocycles. The second kappa shape index (κ2) is 6.08. The first kappa shape index (κ1) is 13.8. The van der Waals surface area contributed by atoms with E-state index in [1.165, 1.54) is 0 Å². The summed E-state index contributed by atoms with van der Waals surface area (Å²) in [7, 11) is 0. The molecule has 0 fully saturated rings. The first-order chi connectivity index (χ1) is 9.78. The third kappa shape index (κ3) is 2.80. The second-order valence-corrected chi connectivity index (χ2v) is 6.44. The largest absolute Gasteiger partial charge is 0.463 e. The van der Waals surface area contributed by atoms with E-state index in [1.54, 1.807) is 23.1 Å². The molecular weight excluding hydrogens is 312 g/mol. The van der Waals surface area contributed by atoms with Gasteiger partial charge in [0, 0.05) is 0 Å². The number of halogens is 1. The third-order valence-corrected chi connectivity index (χ3v) is 4.58. The van der Waals surface area contributed by atoms with Gasteiger partial charge in [-0.3, -0.25) is 0 Å². The molecule has 3 rings (SSSR count). The number of hydrogen-bond donors (Lipinski definition) is 1. The van der Waals surface area contributed by atoms with E-state index in [2.05, 4.69) is 16.6 Å². The lowest BCUT2D eigenvalue weighted by Crippen LogP contribution is -1.99. The smallest absolute Gasteiger partial charge is 0.123 e. The predicted molar refractivity (Wildman–Crippen MR) is 87.9 cm³/mol. The first-order valence-corrected chi connectivity index (χ1v) is 8.75. The predicted octanol–water partition coefficient (Wildman–Crippen LogP) is 5.02. The number of benzene rings is 1. The number of nitrogens with one attached hydrogen (secondary N) is 1. The molecule has 104 valence electrons. The van der Waals surface area contributed by atoms with Gasteiger partial charge in [0.1, 0.15) is 17.0 Å². The van der Waals surface area contributed by atoms with Crippen molar-refractivity contribution in [2.24, 2.45) is 0 Å². The average molecular weight is 325 g/mol. The Kier molecular flexibility index (Phi) is 4.19. The molecule has 2 heterocycles. The number of aromatic nitrogens is 1. The number of thioether (sulfide) groups is 1. The van der Waals surface area contributed by atoms with E-state index < -0.39 is 0 Å². The molecule has 3 nitrogen and oxygen atoms in total. The fourth-order valence-electron chi connectivity index (χ4n) is 1.99. The molecule has 1 aromatic carbocycles. The van der Waals surface area contributed by atoms with Crippen LogP contribution in [0.2, 0.25) is 5.02 Å². The van der Waals surface area contributed by atoms with Crippen LogP contribution in [0.25, 0.3) is 10.2 Å². The summed E-state index contributed by atoms with van der Waals surface area (Å²) in [4.78, 5) is 4.36. The lowest BCUT2D eigenvalue weighted by atomic mass is 10.3. The minimum atomic E-state index is 0.602. The van der Waals surface area contributed by atoms with Gasteiger partial charge in [-0.15, -0.1) is 11.3 Å². The van der Waals surface area contributed by atoms with Gasteiger partial charge in [-0.25, -0.2) is 4.98 Å². The average Bonchev–Trinajstić information content (AvgIpc) is 3.07. The number of fused-ring (bicyclic) bond motifs is 1. The van der Waals surface area contributed by atoms with Crippen LogP contribution in [-0.2, 0) is 12.3 Å². The standard InChI is InChI=1S/C14H13ClN2OS2/c1-19-7-10-3-2-9(18-10)6-16-13-11(15)4-5-12-14(13)17-8-20-12/h2-5,8,16H,6-7H2,1H3. The highest BCUT2D eigenvalue weighted by atomic mass is 35.5. The Hall–Kier alpha value is -1.17. The monoisotopic (exact) mass is 324 g/mol. The minimum Gasteiger partial charge on any atom is -0.463 e. The summed E-state index contributed by atoms with van der Waals surface area (Å²) in [5.74, 6) is 2.78. The maximum absolute atomic E-state index is 6.25. The molecule has 20 heavy (non-hydrogen) atoms. The molecule has 0 saturated heterocycles. The van der Waals surface area contributed by atoms with E-state index in [4.69, 9.17) is 16.0 Å². The Bertz CT molecular complexity index is 723. The van der Waals surface area contributed by atoms with Crippen LogP contribution in [0.4, 0.5) is 5.69 Å². The molecule has 0 bridgehead atoms. The highest BCUT2D eigenvalue weighted by molar-refractivity contribution is 7.97. The van der Waals surface area contributed by atoms with Crippen LogP contribution in [0.3, 0.4) is 0 Å². The number of thiazole rings is 1. The van der Waals surface area contributed by atoms with Gasteiger partial charge in [-0.05, 0) is 30.5 Å². The lowest BCUT2D eigenvalue weighted by Gasteiger charge is -2.07. The molecule has 0 aliphatic rings. The van der Waals surface area contributed by atoms with Crippen LogP contribution in [-0.4, -0.2) is 11.2 Å². The number of rotatable bonds is 5. The van der Waals surface area contributed by atoms with Crippen molar-refractivity contribution in [3.8, 4) is 0 Å². The quantitative estimate of drug-likeness (QED) is 0.715. The maximum atomic E-state index is 6.25. The molecule has 0 atom stereocenters. The van der Waals surface area contributed by atoms with Gasteiger partial charge in [0.2, 0.25) is 0 Å². The van der Waals surface area contributed by atoms with E-state index in [9.17, 15) is 0 Å². The fourth-order valence-corrected chi connectivity index (χ4v) is 3.33. The number of nitrogens with zero attached hydrogens (tertiary/aromatic N) is 1. The molecular formula is C14H13ClN2OS2. The highest BCUT2D eigenvalue weighted by Crippen LogP contribution is 2.32. The summed E-state index contributed by atoms with van der Waals surface area (Å²) in [6.45, 7) is 0.602. The van der Waals surface area contributed by atoms with Crippen molar-refractivity contribution in [1.82, 2.24) is 4.98 Å². The Morgan fingerprint density at radius 2 is 2.15 bits per heavy atom. The summed E-state index contributed by atoms with van der Waals surface area (Å²) in [6, 6.07) is 7.89. The fraction of sp³-hybridized carbons (Fsp3) is 0.214. The van der Waals surface area contributed by atoms with Crippen molar-refractivity contribution < 1.29 is 4.42 Å². The summed E-state index contributed by atoms with van der Waals surface area (Å²) < 4.78 is 6.86. The number of anilines is 1. The van der Waals surface area contributed by atoms with Crippen LogP contribution in [0.5, 0.6) is 0 Å². The molecule has 2 aromatic heterocycles. The topological polar surface area (TPSA) is 38.1 Å². The minimum absolute atomic E-state index is 0.602. The van der Waals surface area contributed by atoms with E-state index >= 15 is 0 Å². The molecule has 0 aliphatic carbocycles. The third-order valence-electron chi connectivity index (χ3n) is 2.89. The maximum Gasteiger partial charge on any atom is 0.123 e. The second-order valence-electron chi connectivity index (χ2n) is 4.28. The highest BCUT2D eigenvalue weighted by Gasteiger charge is 2.09. The zero-order chi connectivity index (χ0) is 13.9. The Balaban J connectivity index is 1.79. The van der Waals surface area contributed by atoms with Crippen LogP contribution < -0.4 is 5.32 Å². The van der Waals surface area contributed by atoms with Crippen molar-refractivity contribution in [1.29, 1.82) is 0 Å². The molecule has 1 N–H and O–H groups in total. The van der Waals surface area contributed by atoms with E-state index in [-0.39, 0.29) is 0 Å². The van der Waals surface area contributed by atoms with Crippen molar-refractivity contribution in [3.63, 3.8) is 0 Å². The van der Waals surface area contributed by atoms with Crippen LogP contribution in [0.1, 0.15) is 11.5 Å². The lowest BCUT2D eigenvalue weighted by molar-refractivity contribution is 0.487. The molecule has 0 spiro atoms. The van der Waals surface area contributed by atoms with E-state index in [0.717, 1.165) is 33.2 Å². The van der Waals surface area contributed by atoms with Gasteiger partial charge in [0.05, 0.1) is 33.2 Å². The number of hydrogen-bond acceptors (Lipinski definition) is 5. The van der Waals surface area contributed by atoms with Gasteiger partial charge in [-0.2, -0.15) is 11.8 Å². The van der Waals surface area contributed by atoms with Gasteiger partial charge < -0.3 is 9.73 Å². The zero-order valence-electron chi connectivity index (χ0n) is 10.9. The summed E-state index contributed by atoms with van der Waals surface area (Å²) in [5.41, 5.74) is 3.61. The van der Waals surface area contributed by atoms with Gasteiger partial charge >= 0.3 is 0 Å². The van der Waals surface area contributed by atoms with Crippen LogP contribution in [0, 0.1) is 0 Å². The zero-order valence-corrected chi connectivity index (χ0v) is 13.2. The summed E-state index contributed by atoms with van der Waals surface area (Å²) >= 11 is 9.60. The van der Waals surface area contributed by atoms with Crippen molar-refractivity contribution in [3.05, 3.63) is 46.3 Å². The first-order valence-electron chi connectivity index (χ1n) is 6.10. The molecule has 3 aromatic rings. The molecule has 0 saturated carbocycles. The van der Waals surface area contributed by atoms with E-state index in [1.807, 2.05) is 29.8 Å². The summed E-state index contributed by atoms with van der Waals surface area (Å²) in [5, 5.41) is 4.01. The van der Waals surface area contributed by atoms with Gasteiger partial charge in [0.15, 0.2) is 0 Å². The SMILES string of the molecule is CSCc1ccc(CNc2c(Cl)ccc3scnc23)o1. The van der Waals surface area contributed by atoms with Crippen LogP contribution >= 0.6 is 34.7 Å². The van der Waals surface area contributed by atoms with E-state index in [0.29, 0.717) is 11.6 Å². The molecule has 0 unspecified atom stereocenters. The van der Waals surface area contributed by atoms with Gasteiger partial charge in [-0.1, -0.05) is 11.6 Å². The molecule has 0 radical (unpaired) electrons. The summed E-state index contributed by atoms with van der Waals surface area (Å²) in [6.07, 6.45) is 2.06. The van der Waals surface area contributed by atoms with Crippen LogP contribution in [0.15, 0.2) is 34.2 Å². The Morgan fingerprint density at radius 1 is 1.30 bits per heavy atom. The number of furan rings is 1. The van der Waals surface area contributed by atoms with Crippen molar-refractivity contribution in [2.45, 2.75) is 12.3 Å². The molecule has 6 heteroatoms. The molecule has 0 amide bonds. The Morgan fingerprint density at radius 3 is 3.00 bits per heavy atom. The van der Waals surface area contributed by atoms with Gasteiger partial charge in [0.25, 0.3) is 0 Å². The van der Waals surface area contributed by atoms with Crippen molar-refractivity contribution in [2.75, 3.05) is 11.6 Å². The normalized spacial score (nSPS) is 11.1.